The van der Waals surface area contributed by atoms with Crippen LogP contribution in [-0.4, -0.2) is 29.5 Å². The molecule has 0 aromatic heterocycles. The van der Waals surface area contributed by atoms with Gasteiger partial charge in [-0.2, -0.15) is 0 Å². The van der Waals surface area contributed by atoms with E-state index in [1.54, 1.807) is 6.07 Å². The fraction of sp³-hybridized carbons (Fsp3) is 0.333. The van der Waals surface area contributed by atoms with Crippen molar-refractivity contribution in [3.05, 3.63) is 28.5 Å². The van der Waals surface area contributed by atoms with Crippen molar-refractivity contribution >= 4 is 15.9 Å². The molecule has 5 heteroatoms. The predicted octanol–water partition coefficient (Wildman–Crippen LogP) is 1.32. The zero-order valence-electron chi connectivity index (χ0n) is 7.28. The molecule has 1 aromatic carbocycles. The highest BCUT2D eigenvalue weighted by Gasteiger charge is 2.13. The fourth-order valence-electron chi connectivity index (χ4n) is 0.894. The van der Waals surface area contributed by atoms with E-state index in [0.29, 0.717) is 4.47 Å². The van der Waals surface area contributed by atoms with Gasteiger partial charge < -0.3 is 14.9 Å². The minimum atomic E-state index is -0.803. The molecular weight excluding hydrogens is 255 g/mol. The smallest absolute Gasteiger partial charge is 0.169 e. The Bertz CT molecular complexity index is 282. The number of hydrogen-bond acceptors (Lipinski definition) is 3. The molecule has 0 bridgehead atoms. The van der Waals surface area contributed by atoms with Crippen LogP contribution in [0.5, 0.6) is 5.75 Å². The van der Waals surface area contributed by atoms with E-state index >= 15 is 0 Å². The lowest BCUT2D eigenvalue weighted by molar-refractivity contribution is 0.0596. The Kier molecular flexibility index (Phi) is 4.31. The molecule has 0 aliphatic rings. The average Bonchev–Trinajstić information content (AvgIpc) is 2.18. The van der Waals surface area contributed by atoms with E-state index < -0.39 is 11.9 Å². The summed E-state index contributed by atoms with van der Waals surface area (Å²) in [5.74, 6) is -0.535. The minimum Gasteiger partial charge on any atom is -0.481 e. The predicted molar refractivity (Wildman–Crippen MR) is 52.7 cm³/mol. The molecule has 0 aliphatic heterocycles. The zero-order chi connectivity index (χ0) is 10.6. The van der Waals surface area contributed by atoms with Gasteiger partial charge in [0.15, 0.2) is 11.6 Å². The Balaban J connectivity index is 2.84. The first-order chi connectivity index (χ1) is 6.69. The molecule has 78 valence electrons. The second kappa shape index (κ2) is 5.29. The largest absolute Gasteiger partial charge is 0.481 e. The lowest BCUT2D eigenvalue weighted by Crippen LogP contribution is -2.25. The fourth-order valence-corrected chi connectivity index (χ4v) is 1.33. The summed E-state index contributed by atoms with van der Waals surface area (Å²) in [6.07, 6.45) is -0.803. The van der Waals surface area contributed by atoms with Crippen molar-refractivity contribution in [1.82, 2.24) is 0 Å². The van der Waals surface area contributed by atoms with Gasteiger partial charge in [0.05, 0.1) is 17.7 Å². The number of ether oxygens (including phenoxy) is 1. The molecule has 0 saturated heterocycles. The number of aliphatic hydroxyl groups excluding tert-OH is 2. The Hall–Kier alpha value is -0.650. The summed E-state index contributed by atoms with van der Waals surface area (Å²) in [6, 6.07) is 4.38. The Morgan fingerprint density at radius 3 is 2.50 bits per heavy atom. The van der Waals surface area contributed by atoms with Gasteiger partial charge in [0, 0.05) is 0 Å². The van der Waals surface area contributed by atoms with E-state index in [1.165, 1.54) is 12.1 Å². The molecular formula is C9H10BrFO3. The summed E-state index contributed by atoms with van der Waals surface area (Å²) in [5, 5.41) is 17.5. The van der Waals surface area contributed by atoms with Gasteiger partial charge in [-0.25, -0.2) is 4.39 Å². The average molecular weight is 265 g/mol. The van der Waals surface area contributed by atoms with E-state index in [2.05, 4.69) is 15.9 Å². The highest BCUT2D eigenvalue weighted by molar-refractivity contribution is 9.10. The van der Waals surface area contributed by atoms with Gasteiger partial charge in [0.25, 0.3) is 0 Å². The van der Waals surface area contributed by atoms with Gasteiger partial charge >= 0.3 is 0 Å². The molecule has 14 heavy (non-hydrogen) atoms. The van der Waals surface area contributed by atoms with Crippen LogP contribution in [0.25, 0.3) is 0 Å². The van der Waals surface area contributed by atoms with Crippen LogP contribution in [0.2, 0.25) is 0 Å². The van der Waals surface area contributed by atoms with Crippen molar-refractivity contribution in [3.63, 3.8) is 0 Å². The van der Waals surface area contributed by atoms with Crippen molar-refractivity contribution in [2.75, 3.05) is 13.2 Å². The van der Waals surface area contributed by atoms with E-state index in [4.69, 9.17) is 14.9 Å². The molecule has 0 saturated carbocycles. The van der Waals surface area contributed by atoms with Crippen LogP contribution in [0.15, 0.2) is 22.7 Å². The van der Waals surface area contributed by atoms with Crippen LogP contribution >= 0.6 is 15.9 Å². The Morgan fingerprint density at radius 1 is 1.36 bits per heavy atom. The summed E-state index contributed by atoms with van der Waals surface area (Å²) in [4.78, 5) is 0. The van der Waals surface area contributed by atoms with Crippen molar-refractivity contribution in [1.29, 1.82) is 0 Å². The highest BCUT2D eigenvalue weighted by atomic mass is 79.9. The molecule has 0 fully saturated rings. The Labute approximate surface area is 89.3 Å². The lowest BCUT2D eigenvalue weighted by atomic mass is 10.3. The Morgan fingerprint density at radius 2 is 2.00 bits per heavy atom. The maximum Gasteiger partial charge on any atom is 0.169 e. The van der Waals surface area contributed by atoms with Gasteiger partial charge in [0.2, 0.25) is 0 Å². The molecule has 0 amide bonds. The first-order valence-corrected chi connectivity index (χ1v) is 4.80. The van der Waals surface area contributed by atoms with Gasteiger partial charge in [-0.1, -0.05) is 6.07 Å². The number of para-hydroxylation sites is 1. The molecule has 0 unspecified atom stereocenters. The third-order valence-electron chi connectivity index (χ3n) is 1.61. The summed E-state index contributed by atoms with van der Waals surface area (Å²) in [7, 11) is 0. The topological polar surface area (TPSA) is 49.7 Å². The zero-order valence-corrected chi connectivity index (χ0v) is 8.87. The van der Waals surface area contributed by atoms with Crippen LogP contribution < -0.4 is 4.74 Å². The van der Waals surface area contributed by atoms with Crippen molar-refractivity contribution in [2.24, 2.45) is 0 Å². The lowest BCUT2D eigenvalue weighted by Gasteiger charge is -2.15. The van der Waals surface area contributed by atoms with Gasteiger partial charge in [-0.3, -0.25) is 0 Å². The van der Waals surface area contributed by atoms with Crippen LogP contribution in [0.3, 0.4) is 0 Å². The second-order valence-electron chi connectivity index (χ2n) is 2.66. The monoisotopic (exact) mass is 264 g/mol. The third-order valence-corrected chi connectivity index (χ3v) is 2.24. The first kappa shape index (κ1) is 11.4. The molecule has 0 heterocycles. The first-order valence-electron chi connectivity index (χ1n) is 4.01. The van der Waals surface area contributed by atoms with Crippen LogP contribution in [0, 0.1) is 5.82 Å². The van der Waals surface area contributed by atoms with Crippen LogP contribution in [0.4, 0.5) is 4.39 Å². The van der Waals surface area contributed by atoms with E-state index in [-0.39, 0.29) is 19.0 Å². The second-order valence-corrected chi connectivity index (χ2v) is 3.51. The molecule has 0 spiro atoms. The summed E-state index contributed by atoms with van der Waals surface area (Å²) >= 11 is 3.11. The van der Waals surface area contributed by atoms with Crippen LogP contribution in [-0.2, 0) is 0 Å². The number of hydrogen-bond donors (Lipinski definition) is 2. The number of halogens is 2. The highest BCUT2D eigenvalue weighted by Crippen LogP contribution is 2.28. The van der Waals surface area contributed by atoms with Gasteiger partial charge in [0.1, 0.15) is 6.10 Å². The maximum absolute atomic E-state index is 13.2. The molecule has 1 rings (SSSR count). The van der Waals surface area contributed by atoms with Gasteiger partial charge in [-0.15, -0.1) is 0 Å². The number of rotatable bonds is 4. The third kappa shape index (κ3) is 2.67. The maximum atomic E-state index is 13.2. The van der Waals surface area contributed by atoms with Crippen molar-refractivity contribution < 1.29 is 19.3 Å². The minimum absolute atomic E-state index is 0.000556. The standard InChI is InChI=1S/C9H10BrFO3/c10-7-2-1-3-8(11)9(7)14-6(4-12)5-13/h1-3,6,12-13H,4-5H2. The molecule has 3 nitrogen and oxygen atoms in total. The number of benzene rings is 1. The molecule has 0 radical (unpaired) electrons. The summed E-state index contributed by atoms with van der Waals surface area (Å²) < 4.78 is 18.7. The van der Waals surface area contributed by atoms with E-state index in [1.807, 2.05) is 0 Å². The van der Waals surface area contributed by atoms with Crippen LogP contribution in [0.1, 0.15) is 0 Å². The quantitative estimate of drug-likeness (QED) is 0.863. The molecule has 2 N–H and O–H groups in total. The van der Waals surface area contributed by atoms with E-state index in [9.17, 15) is 4.39 Å². The molecule has 0 atom stereocenters. The molecule has 0 aliphatic carbocycles. The normalized spacial score (nSPS) is 10.6. The van der Waals surface area contributed by atoms with E-state index in [0.717, 1.165) is 0 Å². The van der Waals surface area contributed by atoms with Crippen molar-refractivity contribution in [2.45, 2.75) is 6.10 Å². The summed E-state index contributed by atoms with van der Waals surface area (Å²) in [5.41, 5.74) is 0. The summed E-state index contributed by atoms with van der Waals surface area (Å²) in [6.45, 7) is -0.728. The van der Waals surface area contributed by atoms with Crippen molar-refractivity contribution in [3.8, 4) is 5.75 Å². The molecule has 1 aromatic rings. The van der Waals surface area contributed by atoms with Gasteiger partial charge in [-0.05, 0) is 28.1 Å². The number of aliphatic hydroxyl groups is 2. The SMILES string of the molecule is OCC(CO)Oc1c(F)cccc1Br.